The minimum absolute atomic E-state index is 0.0173. The molecule has 3 aliphatic rings. The summed E-state index contributed by atoms with van der Waals surface area (Å²) in [5.74, 6) is 0. The lowest BCUT2D eigenvalue weighted by molar-refractivity contribution is -0.166. The highest BCUT2D eigenvalue weighted by Gasteiger charge is 2.49. The van der Waals surface area contributed by atoms with Crippen LogP contribution in [0.4, 0.5) is 0 Å². The van der Waals surface area contributed by atoms with Gasteiger partial charge in [0.05, 0.1) is 11.7 Å². The van der Waals surface area contributed by atoms with Crippen LogP contribution >= 0.6 is 0 Å². The molecule has 1 aliphatic heterocycles. The second kappa shape index (κ2) is 3.85. The minimum Gasteiger partial charge on any atom is -0.390 e. The number of ether oxygens (including phenoxy) is 1. The number of aliphatic hydroxyl groups is 1. The summed E-state index contributed by atoms with van der Waals surface area (Å²) in [7, 11) is 0. The van der Waals surface area contributed by atoms with E-state index in [9.17, 15) is 5.11 Å². The molecule has 2 heteroatoms. The zero-order valence-corrected chi connectivity index (χ0v) is 9.95. The molecule has 2 saturated carbocycles. The van der Waals surface area contributed by atoms with Crippen molar-refractivity contribution in [2.45, 2.75) is 75.1 Å². The summed E-state index contributed by atoms with van der Waals surface area (Å²) in [6, 6.07) is 0. The number of hydrogen-bond donors (Lipinski definition) is 1. The third-order valence-corrected chi connectivity index (χ3v) is 4.62. The Morgan fingerprint density at radius 2 is 1.69 bits per heavy atom. The molecule has 0 amide bonds. The molecule has 2 nitrogen and oxygen atoms in total. The molecular formula is C14H22O2. The van der Waals surface area contributed by atoms with Gasteiger partial charge >= 0.3 is 0 Å². The van der Waals surface area contributed by atoms with Crippen LogP contribution in [0.5, 0.6) is 0 Å². The summed E-state index contributed by atoms with van der Waals surface area (Å²) in [6.45, 7) is 0. The molecular weight excluding hydrogens is 200 g/mol. The van der Waals surface area contributed by atoms with Crippen molar-refractivity contribution in [3.63, 3.8) is 0 Å². The molecule has 1 heterocycles. The first-order valence-corrected chi connectivity index (χ1v) is 6.83. The van der Waals surface area contributed by atoms with Gasteiger partial charge in [0.1, 0.15) is 5.60 Å². The van der Waals surface area contributed by atoms with Gasteiger partial charge in [0.25, 0.3) is 0 Å². The molecule has 0 unspecified atom stereocenters. The Morgan fingerprint density at radius 1 is 0.938 bits per heavy atom. The van der Waals surface area contributed by atoms with Gasteiger partial charge in [-0.2, -0.15) is 0 Å². The third-order valence-electron chi connectivity index (χ3n) is 4.62. The van der Waals surface area contributed by atoms with E-state index in [-0.39, 0.29) is 17.3 Å². The molecule has 2 aliphatic carbocycles. The van der Waals surface area contributed by atoms with Gasteiger partial charge < -0.3 is 9.84 Å². The van der Waals surface area contributed by atoms with Crippen LogP contribution < -0.4 is 0 Å². The number of rotatable bonds is 0. The first-order valence-electron chi connectivity index (χ1n) is 6.83. The molecule has 0 radical (unpaired) electrons. The summed E-state index contributed by atoms with van der Waals surface area (Å²) >= 11 is 0. The molecule has 16 heavy (non-hydrogen) atoms. The fraction of sp³-hybridized carbons (Fsp3) is 0.857. The fourth-order valence-corrected chi connectivity index (χ4v) is 3.62. The second-order valence-corrected chi connectivity index (χ2v) is 5.78. The normalized spacial score (nSPS) is 41.9. The molecule has 0 aromatic carbocycles. The van der Waals surface area contributed by atoms with Crippen molar-refractivity contribution >= 4 is 0 Å². The van der Waals surface area contributed by atoms with Crippen LogP contribution in [0.25, 0.3) is 0 Å². The van der Waals surface area contributed by atoms with Crippen LogP contribution in [-0.4, -0.2) is 22.4 Å². The minimum atomic E-state index is -0.324. The first-order chi connectivity index (χ1) is 7.75. The van der Waals surface area contributed by atoms with Crippen LogP contribution in [0.2, 0.25) is 0 Å². The highest BCUT2D eigenvalue weighted by Crippen LogP contribution is 2.47. The summed E-state index contributed by atoms with van der Waals surface area (Å²) in [5, 5.41) is 10.2. The van der Waals surface area contributed by atoms with E-state index in [4.69, 9.17) is 4.74 Å². The van der Waals surface area contributed by atoms with E-state index in [0.717, 1.165) is 32.1 Å². The molecule has 2 fully saturated rings. The monoisotopic (exact) mass is 222 g/mol. The molecule has 0 bridgehead atoms. The second-order valence-electron chi connectivity index (χ2n) is 5.78. The van der Waals surface area contributed by atoms with Crippen molar-refractivity contribution in [1.82, 2.24) is 0 Å². The Kier molecular flexibility index (Phi) is 2.60. The summed E-state index contributed by atoms with van der Waals surface area (Å²) in [5.41, 5.74) is -0.341. The van der Waals surface area contributed by atoms with Gasteiger partial charge in [-0.3, -0.25) is 0 Å². The predicted octanol–water partition coefficient (Wildman–Crippen LogP) is 2.95. The molecule has 1 N–H and O–H groups in total. The van der Waals surface area contributed by atoms with Gasteiger partial charge in [-0.1, -0.05) is 44.3 Å². The Hall–Kier alpha value is -0.340. The van der Waals surface area contributed by atoms with Crippen LogP contribution in [0.15, 0.2) is 12.2 Å². The van der Waals surface area contributed by atoms with E-state index in [1.54, 1.807) is 0 Å². The van der Waals surface area contributed by atoms with Crippen molar-refractivity contribution in [2.24, 2.45) is 0 Å². The summed E-state index contributed by atoms with van der Waals surface area (Å²) in [6.07, 6.45) is 14.6. The van der Waals surface area contributed by atoms with Crippen molar-refractivity contribution in [3.05, 3.63) is 12.2 Å². The van der Waals surface area contributed by atoms with E-state index in [2.05, 4.69) is 12.2 Å². The third kappa shape index (κ3) is 1.63. The summed E-state index contributed by atoms with van der Waals surface area (Å²) in [4.78, 5) is 0. The molecule has 2 spiro atoms. The average Bonchev–Trinajstić information content (AvgIpc) is 2.65. The quantitative estimate of drug-likeness (QED) is 0.638. The maximum absolute atomic E-state index is 10.2. The Labute approximate surface area is 97.7 Å². The summed E-state index contributed by atoms with van der Waals surface area (Å²) < 4.78 is 6.37. The topological polar surface area (TPSA) is 29.5 Å². The Balaban J connectivity index is 1.78. The van der Waals surface area contributed by atoms with E-state index in [1.807, 2.05) is 0 Å². The van der Waals surface area contributed by atoms with Crippen molar-refractivity contribution < 1.29 is 9.84 Å². The van der Waals surface area contributed by atoms with Gasteiger partial charge in [-0.15, -0.1) is 0 Å². The van der Waals surface area contributed by atoms with E-state index < -0.39 is 0 Å². The molecule has 0 saturated heterocycles. The standard InChI is InChI=1S/C14H22O2/c15-12-6-2-5-9-14(12)11-10-13(16-14)7-3-1-4-8-13/h10-12,15H,1-9H2/t12-,14-/m1/s1. The number of aliphatic hydroxyl groups excluding tert-OH is 1. The van der Waals surface area contributed by atoms with Crippen LogP contribution in [0, 0.1) is 0 Å². The SMILES string of the molecule is O[C@@H]1CCCC[C@@]12C=CC1(CCCCC1)O2. The lowest BCUT2D eigenvalue weighted by atomic mass is 9.82. The highest BCUT2D eigenvalue weighted by atomic mass is 16.5. The molecule has 0 aromatic heterocycles. The Morgan fingerprint density at radius 3 is 2.44 bits per heavy atom. The Bertz CT molecular complexity index is 291. The first kappa shape index (κ1) is 10.8. The smallest absolute Gasteiger partial charge is 0.113 e. The fourth-order valence-electron chi connectivity index (χ4n) is 3.62. The zero-order chi connectivity index (χ0) is 11.1. The van der Waals surface area contributed by atoms with Crippen molar-refractivity contribution in [1.29, 1.82) is 0 Å². The van der Waals surface area contributed by atoms with Crippen LogP contribution in [0.3, 0.4) is 0 Å². The van der Waals surface area contributed by atoms with Gasteiger partial charge in [0, 0.05) is 0 Å². The molecule has 90 valence electrons. The van der Waals surface area contributed by atoms with Gasteiger partial charge in [0.2, 0.25) is 0 Å². The molecule has 3 rings (SSSR count). The maximum atomic E-state index is 10.2. The van der Waals surface area contributed by atoms with E-state index in [0.29, 0.717) is 0 Å². The molecule has 2 atom stereocenters. The largest absolute Gasteiger partial charge is 0.390 e. The lowest BCUT2D eigenvalue weighted by Crippen LogP contribution is -2.48. The van der Waals surface area contributed by atoms with Crippen LogP contribution in [0.1, 0.15) is 57.8 Å². The highest BCUT2D eigenvalue weighted by molar-refractivity contribution is 5.21. The lowest BCUT2D eigenvalue weighted by Gasteiger charge is -2.42. The van der Waals surface area contributed by atoms with Crippen LogP contribution in [-0.2, 0) is 4.74 Å². The number of hydrogen-bond acceptors (Lipinski definition) is 2. The van der Waals surface area contributed by atoms with Gasteiger partial charge in [-0.05, 0) is 25.7 Å². The maximum Gasteiger partial charge on any atom is 0.113 e. The van der Waals surface area contributed by atoms with Gasteiger partial charge in [-0.25, -0.2) is 0 Å². The van der Waals surface area contributed by atoms with E-state index in [1.165, 1.54) is 25.7 Å². The van der Waals surface area contributed by atoms with E-state index >= 15 is 0 Å². The van der Waals surface area contributed by atoms with Crippen molar-refractivity contribution in [2.75, 3.05) is 0 Å². The predicted molar refractivity (Wildman–Crippen MR) is 63.2 cm³/mol. The van der Waals surface area contributed by atoms with Gasteiger partial charge in [0.15, 0.2) is 0 Å². The zero-order valence-electron chi connectivity index (χ0n) is 9.95. The molecule has 0 aromatic rings. The average molecular weight is 222 g/mol. The van der Waals surface area contributed by atoms with Crippen molar-refractivity contribution in [3.8, 4) is 0 Å².